The minimum absolute atomic E-state index is 0.106. The van der Waals surface area contributed by atoms with Gasteiger partial charge in [0, 0.05) is 25.7 Å². The summed E-state index contributed by atoms with van der Waals surface area (Å²) < 4.78 is 68.0. The van der Waals surface area contributed by atoms with Crippen LogP contribution in [0, 0.1) is 5.92 Å². The van der Waals surface area contributed by atoms with Gasteiger partial charge >= 0.3 is 39.5 Å². The van der Waals surface area contributed by atoms with Crippen LogP contribution in [0.5, 0.6) is 0 Å². The predicted molar refractivity (Wildman–Crippen MR) is 335 cm³/mol. The van der Waals surface area contributed by atoms with Gasteiger partial charge in [0.05, 0.1) is 26.4 Å². The summed E-state index contributed by atoms with van der Waals surface area (Å²) >= 11 is 0. The van der Waals surface area contributed by atoms with Crippen LogP contribution in [-0.2, 0) is 65.4 Å². The zero-order valence-electron chi connectivity index (χ0n) is 54.0. The molecular formula is C65H126O17P2. The van der Waals surface area contributed by atoms with Crippen molar-refractivity contribution >= 4 is 39.5 Å². The van der Waals surface area contributed by atoms with Crippen LogP contribution in [0.25, 0.3) is 0 Å². The molecule has 2 unspecified atom stereocenters. The molecule has 0 aromatic heterocycles. The van der Waals surface area contributed by atoms with E-state index in [1.165, 1.54) is 148 Å². The van der Waals surface area contributed by atoms with Crippen molar-refractivity contribution < 1.29 is 80.2 Å². The molecule has 0 fully saturated rings. The molecule has 0 radical (unpaired) electrons. The SMILES string of the molecule is CCCCCCCCCCCCC(=O)OC[C@H](COP(=O)(O)OC[C@@H](O)COP(=O)(O)OC[C@@H](COC(=O)CCCCCCCCCC)OC(=O)CCCCCCCCCCCC)OC(=O)CCCCCCCCCCCCCCCC(C)C. The molecule has 19 heteroatoms. The van der Waals surface area contributed by atoms with Gasteiger partial charge in [-0.05, 0) is 31.6 Å². The number of rotatable bonds is 65. The first-order valence-electron chi connectivity index (χ1n) is 34.1. The Morgan fingerprint density at radius 2 is 0.548 bits per heavy atom. The fourth-order valence-corrected chi connectivity index (χ4v) is 11.3. The van der Waals surface area contributed by atoms with Crippen molar-refractivity contribution in [3.05, 3.63) is 0 Å². The second kappa shape index (κ2) is 58.7. The monoisotopic (exact) mass is 1240 g/mol. The van der Waals surface area contributed by atoms with Crippen molar-refractivity contribution in [2.75, 3.05) is 39.6 Å². The summed E-state index contributed by atoms with van der Waals surface area (Å²) in [4.78, 5) is 72.2. The summed E-state index contributed by atoms with van der Waals surface area (Å²) in [6, 6.07) is 0. The zero-order chi connectivity index (χ0) is 62.0. The number of phosphoric acid groups is 2. The fourth-order valence-electron chi connectivity index (χ4n) is 9.76. The van der Waals surface area contributed by atoms with E-state index in [4.69, 9.17) is 37.0 Å². The van der Waals surface area contributed by atoms with Crippen LogP contribution >= 0.6 is 15.6 Å². The second-order valence-corrected chi connectivity index (χ2v) is 26.9. The number of unbranched alkanes of at least 4 members (excludes halogenated alkanes) is 37. The van der Waals surface area contributed by atoms with Gasteiger partial charge in [-0.15, -0.1) is 0 Å². The van der Waals surface area contributed by atoms with Gasteiger partial charge < -0.3 is 33.8 Å². The molecule has 0 aromatic carbocycles. The summed E-state index contributed by atoms with van der Waals surface area (Å²) in [6.45, 7) is 7.18. The van der Waals surface area contributed by atoms with Crippen molar-refractivity contribution in [2.24, 2.45) is 5.92 Å². The third kappa shape index (κ3) is 59.0. The first-order valence-corrected chi connectivity index (χ1v) is 37.1. The molecule has 0 saturated carbocycles. The number of carbonyl (C=O) groups is 4. The summed E-state index contributed by atoms with van der Waals surface area (Å²) in [5.74, 6) is -1.35. The maximum atomic E-state index is 13.0. The quantitative estimate of drug-likeness (QED) is 0.0222. The highest BCUT2D eigenvalue weighted by Crippen LogP contribution is 2.45. The van der Waals surface area contributed by atoms with E-state index >= 15 is 0 Å². The van der Waals surface area contributed by atoms with Crippen LogP contribution in [0.15, 0.2) is 0 Å². The third-order valence-corrected chi connectivity index (χ3v) is 16.9. The van der Waals surface area contributed by atoms with Crippen molar-refractivity contribution in [3.8, 4) is 0 Å². The second-order valence-electron chi connectivity index (χ2n) is 24.0. The molecule has 0 aromatic rings. The van der Waals surface area contributed by atoms with Crippen LogP contribution in [0.2, 0.25) is 0 Å². The van der Waals surface area contributed by atoms with Gasteiger partial charge in [-0.1, -0.05) is 279 Å². The molecule has 0 bridgehead atoms. The fraction of sp³-hybridized carbons (Fsp3) is 0.938. The number of hydrogen-bond donors (Lipinski definition) is 3. The number of hydrogen-bond acceptors (Lipinski definition) is 15. The van der Waals surface area contributed by atoms with Gasteiger partial charge in [-0.25, -0.2) is 9.13 Å². The molecule has 0 heterocycles. The number of esters is 4. The van der Waals surface area contributed by atoms with E-state index in [-0.39, 0.29) is 25.7 Å². The molecular weight excluding hydrogens is 1110 g/mol. The maximum absolute atomic E-state index is 13.0. The van der Waals surface area contributed by atoms with Gasteiger partial charge in [0.25, 0.3) is 0 Å². The maximum Gasteiger partial charge on any atom is 0.472 e. The van der Waals surface area contributed by atoms with E-state index in [1.54, 1.807) is 0 Å². The molecule has 0 aliphatic rings. The summed E-state index contributed by atoms with van der Waals surface area (Å²) in [6.07, 6.45) is 43.0. The molecule has 17 nitrogen and oxygen atoms in total. The number of carbonyl (C=O) groups excluding carboxylic acids is 4. The van der Waals surface area contributed by atoms with Gasteiger partial charge in [0.2, 0.25) is 0 Å². The van der Waals surface area contributed by atoms with Crippen LogP contribution in [0.4, 0.5) is 0 Å². The molecule has 0 aliphatic carbocycles. The number of aliphatic hydroxyl groups excluding tert-OH is 1. The Labute approximate surface area is 511 Å². The molecule has 0 aliphatic heterocycles. The van der Waals surface area contributed by atoms with E-state index < -0.39 is 97.5 Å². The molecule has 0 rings (SSSR count). The van der Waals surface area contributed by atoms with Gasteiger partial charge in [-0.3, -0.25) is 37.3 Å². The molecule has 5 atom stereocenters. The average Bonchev–Trinajstić information content (AvgIpc) is 3.50. The number of aliphatic hydroxyl groups is 1. The largest absolute Gasteiger partial charge is 0.472 e. The molecule has 498 valence electrons. The lowest BCUT2D eigenvalue weighted by Crippen LogP contribution is -2.30. The minimum atomic E-state index is -4.94. The topological polar surface area (TPSA) is 237 Å². The smallest absolute Gasteiger partial charge is 0.462 e. The Morgan fingerprint density at radius 1 is 0.321 bits per heavy atom. The molecule has 0 amide bonds. The molecule has 0 saturated heterocycles. The van der Waals surface area contributed by atoms with Gasteiger partial charge in [-0.2, -0.15) is 0 Å². The minimum Gasteiger partial charge on any atom is -0.462 e. The van der Waals surface area contributed by atoms with E-state index in [9.17, 15) is 43.2 Å². The highest BCUT2D eigenvalue weighted by Gasteiger charge is 2.30. The van der Waals surface area contributed by atoms with Gasteiger partial charge in [0.15, 0.2) is 12.2 Å². The van der Waals surface area contributed by atoms with E-state index in [0.717, 1.165) is 102 Å². The summed E-state index contributed by atoms with van der Waals surface area (Å²) in [7, 11) is -9.88. The molecule has 84 heavy (non-hydrogen) atoms. The normalized spacial score (nSPS) is 14.2. The van der Waals surface area contributed by atoms with E-state index in [1.807, 2.05) is 0 Å². The highest BCUT2D eigenvalue weighted by atomic mass is 31.2. The zero-order valence-corrected chi connectivity index (χ0v) is 55.8. The Balaban J connectivity index is 5.20. The van der Waals surface area contributed by atoms with Crippen LogP contribution in [-0.4, -0.2) is 96.7 Å². The number of phosphoric ester groups is 2. The first kappa shape index (κ1) is 82.1. The van der Waals surface area contributed by atoms with Crippen LogP contribution in [0.1, 0.15) is 330 Å². The average molecular weight is 1240 g/mol. The van der Waals surface area contributed by atoms with Crippen molar-refractivity contribution in [3.63, 3.8) is 0 Å². The lowest BCUT2D eigenvalue weighted by atomic mass is 10.0. The standard InChI is InChI=1S/C65H126O17P2/c1-6-9-12-15-18-21-29-34-39-44-49-63(68)76-55-61(82-65(70)51-46-41-36-31-27-25-23-24-26-28-32-37-42-47-58(4)5)57-80-84(73,74)78-53-59(66)52-77-83(71,72)79-56-60(54-75-62(67)48-43-38-33-20-17-14-11-8-3)81-64(69)50-45-40-35-30-22-19-16-13-10-7-2/h58-61,66H,6-57H2,1-5H3,(H,71,72)(H,73,74)/t59-,60+,61+/m0/s1. The molecule has 0 spiro atoms. The van der Waals surface area contributed by atoms with Crippen LogP contribution < -0.4 is 0 Å². The van der Waals surface area contributed by atoms with Gasteiger partial charge in [0.1, 0.15) is 19.3 Å². The Hall–Kier alpha value is -1.94. The van der Waals surface area contributed by atoms with E-state index in [2.05, 4.69) is 34.6 Å². The lowest BCUT2D eigenvalue weighted by molar-refractivity contribution is -0.161. The summed E-state index contributed by atoms with van der Waals surface area (Å²) in [5.41, 5.74) is 0. The van der Waals surface area contributed by atoms with Crippen LogP contribution in [0.3, 0.4) is 0 Å². The predicted octanol–water partition coefficient (Wildman–Crippen LogP) is 18.2. The Bertz CT molecular complexity index is 1640. The third-order valence-electron chi connectivity index (χ3n) is 15.0. The van der Waals surface area contributed by atoms with Crippen molar-refractivity contribution in [2.45, 2.75) is 348 Å². The van der Waals surface area contributed by atoms with Crippen molar-refractivity contribution in [1.29, 1.82) is 0 Å². The lowest BCUT2D eigenvalue weighted by Gasteiger charge is -2.21. The number of ether oxygens (including phenoxy) is 4. The van der Waals surface area contributed by atoms with E-state index in [0.29, 0.717) is 25.7 Å². The Morgan fingerprint density at radius 3 is 0.810 bits per heavy atom. The first-order chi connectivity index (χ1) is 40.5. The van der Waals surface area contributed by atoms with Crippen molar-refractivity contribution in [1.82, 2.24) is 0 Å². The Kier molecular flexibility index (Phi) is 57.4. The summed E-state index contributed by atoms with van der Waals surface area (Å²) in [5, 5.41) is 10.5. The highest BCUT2D eigenvalue weighted by molar-refractivity contribution is 7.47. The molecule has 3 N–H and O–H groups in total.